The Hall–Kier alpha value is -7.23. The van der Waals surface area contributed by atoms with Crippen molar-refractivity contribution in [3.8, 4) is 0 Å². The molecular weight excluding hydrogens is 1110 g/mol. The third-order valence-electron chi connectivity index (χ3n) is 16.7. The molecular formula is C65H102N10O12. The van der Waals surface area contributed by atoms with Crippen LogP contribution in [0.1, 0.15) is 138 Å². The van der Waals surface area contributed by atoms with Crippen LogP contribution >= 0.6 is 0 Å². The minimum absolute atomic E-state index is 0.0262. The Morgan fingerprint density at radius 3 is 1.77 bits per heavy atom. The Morgan fingerprint density at radius 2 is 1.24 bits per heavy atom. The van der Waals surface area contributed by atoms with Crippen LogP contribution in [0.2, 0.25) is 0 Å². The van der Waals surface area contributed by atoms with Gasteiger partial charge in [-0.2, -0.15) is 0 Å². The second-order valence-corrected chi connectivity index (χ2v) is 24.6. The van der Waals surface area contributed by atoms with E-state index in [1.54, 1.807) is 45.0 Å². The van der Waals surface area contributed by atoms with Crippen LogP contribution in [0, 0.1) is 23.7 Å². The second-order valence-electron chi connectivity index (χ2n) is 24.6. The highest BCUT2D eigenvalue weighted by atomic mass is 16.3. The summed E-state index contributed by atoms with van der Waals surface area (Å²) in [5, 5.41) is 21.1. The van der Waals surface area contributed by atoms with Gasteiger partial charge in [0.2, 0.25) is 59.1 Å². The van der Waals surface area contributed by atoms with E-state index in [4.69, 9.17) is 0 Å². The third kappa shape index (κ3) is 21.6. The molecule has 1 heterocycles. The number of rotatable bonds is 34. The van der Waals surface area contributed by atoms with E-state index in [2.05, 4.69) is 28.2 Å². The molecule has 2 aromatic carbocycles. The zero-order valence-corrected chi connectivity index (χ0v) is 54.6. The number of carbonyl (C=O) groups excluding carboxylic acids is 11. The van der Waals surface area contributed by atoms with Gasteiger partial charge >= 0.3 is 0 Å². The first kappa shape index (κ1) is 74.0. The number of Topliss-reactive ketones (excluding diaryl/α,β-unsaturated/α-hetero) is 1. The lowest BCUT2D eigenvalue weighted by atomic mass is 9.83. The van der Waals surface area contributed by atoms with Gasteiger partial charge in [0.25, 0.3) is 0 Å². The second kappa shape index (κ2) is 35.5. The highest BCUT2D eigenvalue weighted by Gasteiger charge is 2.45. The number of unbranched alkanes of at least 4 members (excludes halogenated alkanes) is 3. The minimum Gasteiger partial charge on any atom is -0.391 e. The van der Waals surface area contributed by atoms with E-state index in [0.29, 0.717) is 18.4 Å². The van der Waals surface area contributed by atoms with Crippen LogP contribution in [-0.2, 0) is 65.6 Å². The van der Waals surface area contributed by atoms with Crippen molar-refractivity contribution >= 4 is 64.9 Å². The molecule has 3 rings (SSSR count). The van der Waals surface area contributed by atoms with Crippen molar-refractivity contribution in [3.05, 3.63) is 71.8 Å². The summed E-state index contributed by atoms with van der Waals surface area (Å²) in [7, 11) is 8.86. The van der Waals surface area contributed by atoms with E-state index in [1.807, 2.05) is 64.1 Å². The zero-order chi connectivity index (χ0) is 65.6. The maximum Gasteiger partial charge on any atom is 0.247 e. The summed E-state index contributed by atoms with van der Waals surface area (Å²) in [5.41, 5.74) is 1.44. The fourth-order valence-corrected chi connectivity index (χ4v) is 11.3. The maximum absolute atomic E-state index is 15.1. The van der Waals surface area contributed by atoms with Crippen molar-refractivity contribution in [2.75, 3.05) is 55.4 Å². The molecule has 10 amide bonds. The van der Waals surface area contributed by atoms with Crippen molar-refractivity contribution < 1.29 is 57.8 Å². The van der Waals surface area contributed by atoms with Crippen molar-refractivity contribution in [2.45, 2.75) is 194 Å². The SMILES string of the molecule is CCCCCC[C@@H](NC(=O)[C@H](CC(C)C)N(C)C(=O)[C@@H]1CCCN1C(=O)[C@H](C)N(C)C(=O)[C@H](Cc1ccccc1)N(C)C(=O)[C@@H](Cc1ccccc1)C(C)C(=O)CN(C)C(=O)[C@H](NC(C)=O)[C@@H](C)O)C(=O)N(C)[C@H](C(=O)N[C@@H](C)CC(=O)NC)C(C)C. The van der Waals surface area contributed by atoms with E-state index in [0.717, 1.165) is 29.7 Å². The number of carbonyl (C=O) groups is 11. The molecule has 22 nitrogen and oxygen atoms in total. The van der Waals surface area contributed by atoms with E-state index < -0.39 is 132 Å². The lowest BCUT2D eigenvalue weighted by Crippen LogP contribution is -2.60. The minimum atomic E-state index is -1.32. The fourth-order valence-electron chi connectivity index (χ4n) is 11.3. The number of nitrogens with zero attached hydrogens (tertiary/aromatic N) is 6. The highest BCUT2D eigenvalue weighted by molar-refractivity contribution is 5.98. The number of aliphatic hydroxyl groups excluding tert-OH is 1. The van der Waals surface area contributed by atoms with Gasteiger partial charge in [0.05, 0.1) is 18.6 Å². The van der Waals surface area contributed by atoms with Crippen molar-refractivity contribution in [2.24, 2.45) is 23.7 Å². The average molecular weight is 1220 g/mol. The Balaban J connectivity index is 1.96. The molecule has 0 radical (unpaired) electrons. The topological polar surface area (TPSA) is 276 Å². The molecule has 0 spiro atoms. The lowest BCUT2D eigenvalue weighted by molar-refractivity contribution is -0.154. The molecule has 2 aromatic rings. The Labute approximate surface area is 516 Å². The summed E-state index contributed by atoms with van der Waals surface area (Å²) in [4.78, 5) is 162. The average Bonchev–Trinajstić information content (AvgIpc) is 2.21. The summed E-state index contributed by atoms with van der Waals surface area (Å²) >= 11 is 0. The van der Waals surface area contributed by atoms with Gasteiger partial charge in [-0.3, -0.25) is 52.7 Å². The van der Waals surface area contributed by atoms with Gasteiger partial charge in [-0.05, 0) is 75.8 Å². The predicted octanol–water partition coefficient (Wildman–Crippen LogP) is 3.75. The number of hydrogen-bond acceptors (Lipinski definition) is 12. The summed E-state index contributed by atoms with van der Waals surface area (Å²) in [5.74, 6) is -8.15. The quantitative estimate of drug-likeness (QED) is 0.0627. The third-order valence-corrected chi connectivity index (χ3v) is 16.7. The molecule has 1 aliphatic rings. The number of benzene rings is 2. The van der Waals surface area contributed by atoms with Gasteiger partial charge in [-0.25, -0.2) is 0 Å². The molecule has 87 heavy (non-hydrogen) atoms. The Morgan fingerprint density at radius 1 is 0.655 bits per heavy atom. The van der Waals surface area contributed by atoms with Gasteiger partial charge in [0.1, 0.15) is 42.3 Å². The van der Waals surface area contributed by atoms with E-state index in [9.17, 15) is 48.3 Å². The van der Waals surface area contributed by atoms with Crippen LogP contribution in [0.4, 0.5) is 0 Å². The molecule has 1 unspecified atom stereocenters. The Bertz CT molecular complexity index is 2640. The fraction of sp³-hybridized carbons (Fsp3) is 0.646. The van der Waals surface area contributed by atoms with E-state index >= 15 is 9.59 Å². The number of aliphatic hydroxyl groups is 1. The van der Waals surface area contributed by atoms with Gasteiger partial charge in [-0.1, -0.05) is 128 Å². The molecule has 0 saturated carbocycles. The molecule has 0 aliphatic carbocycles. The molecule has 5 N–H and O–H groups in total. The van der Waals surface area contributed by atoms with Crippen molar-refractivity contribution in [1.29, 1.82) is 0 Å². The van der Waals surface area contributed by atoms with Gasteiger partial charge in [0, 0.05) is 80.6 Å². The molecule has 0 aromatic heterocycles. The van der Waals surface area contributed by atoms with Crippen molar-refractivity contribution in [1.82, 2.24) is 50.7 Å². The first-order valence-corrected chi connectivity index (χ1v) is 30.9. The first-order valence-electron chi connectivity index (χ1n) is 30.9. The Kier molecular flexibility index (Phi) is 30.2. The monoisotopic (exact) mass is 1210 g/mol. The van der Waals surface area contributed by atoms with E-state index in [1.165, 1.54) is 80.6 Å². The van der Waals surface area contributed by atoms with Gasteiger partial charge in [0.15, 0.2) is 5.78 Å². The molecule has 1 saturated heterocycles. The van der Waals surface area contributed by atoms with Crippen LogP contribution in [0.15, 0.2) is 60.7 Å². The van der Waals surface area contributed by atoms with Gasteiger partial charge in [-0.15, -0.1) is 0 Å². The smallest absolute Gasteiger partial charge is 0.247 e. The molecule has 22 heteroatoms. The number of amides is 10. The number of nitrogens with one attached hydrogen (secondary N) is 4. The standard InChI is InChI=1S/C65H102N10O12/c1-17-18-19-26-32-50(62(84)74(16)57(41(4)5)59(81)67-42(6)36-55(79)66-11)69-58(80)52(35-40(2)3)72(14)63(85)51-33-27-34-75(51)60(82)44(8)71(13)64(86)53(38-48-30-24-21-25-31-48)73(15)61(83)49(37-47-28-22-20-23-29-47)43(7)54(78)39-70(12)65(87)56(45(9)76)68-46(10)77/h20-25,28-31,40-45,49-53,56-57,76H,17-19,26-27,32-39H2,1-16H3,(H,66,79)(H,67,81)(H,68,77)(H,69,80)/t42-,43?,44-,45+,49-,50+,51-,52-,53-,56+,57-/m0/s1. The summed E-state index contributed by atoms with van der Waals surface area (Å²) in [6, 6.07) is 9.83. The van der Waals surface area contributed by atoms with Crippen LogP contribution in [0.3, 0.4) is 0 Å². The molecule has 0 bridgehead atoms. The summed E-state index contributed by atoms with van der Waals surface area (Å²) < 4.78 is 0. The van der Waals surface area contributed by atoms with Crippen LogP contribution in [0.5, 0.6) is 0 Å². The zero-order valence-electron chi connectivity index (χ0n) is 54.6. The molecule has 484 valence electrons. The highest BCUT2D eigenvalue weighted by Crippen LogP contribution is 2.27. The number of ketones is 1. The largest absolute Gasteiger partial charge is 0.391 e. The molecule has 1 fully saturated rings. The summed E-state index contributed by atoms with van der Waals surface area (Å²) in [6.07, 6.45) is 3.32. The van der Waals surface area contributed by atoms with Crippen LogP contribution < -0.4 is 21.3 Å². The lowest BCUT2D eigenvalue weighted by Gasteiger charge is -2.38. The van der Waals surface area contributed by atoms with Crippen LogP contribution in [-0.4, -0.2) is 209 Å². The molecule has 1 aliphatic heterocycles. The number of likely N-dealkylation sites (N-methyl/N-ethyl adjacent to an activating group) is 5. The molecule has 11 atom stereocenters. The first-order chi connectivity index (χ1) is 40.9. The van der Waals surface area contributed by atoms with Crippen LogP contribution in [0.25, 0.3) is 0 Å². The normalized spacial score (nSPS) is 16.5. The van der Waals surface area contributed by atoms with Gasteiger partial charge < -0.3 is 55.8 Å². The number of likely N-dealkylation sites (tertiary alicyclic amines) is 1. The van der Waals surface area contributed by atoms with Crippen molar-refractivity contribution in [3.63, 3.8) is 0 Å². The number of hydrogen-bond donors (Lipinski definition) is 5. The predicted molar refractivity (Wildman–Crippen MR) is 333 cm³/mol. The summed E-state index contributed by atoms with van der Waals surface area (Å²) in [6.45, 7) is 16.6. The maximum atomic E-state index is 15.1. The van der Waals surface area contributed by atoms with E-state index in [-0.39, 0.29) is 62.8 Å².